The Kier molecular flexibility index (Phi) is 2.40. The molecule has 0 aromatic carbocycles. The highest BCUT2D eigenvalue weighted by Crippen LogP contribution is 2.24. The summed E-state index contributed by atoms with van der Waals surface area (Å²) in [5, 5.41) is 4.48. The molecule has 0 amide bonds. The van der Waals surface area contributed by atoms with E-state index in [9.17, 15) is 4.79 Å². The van der Waals surface area contributed by atoms with Gasteiger partial charge >= 0.3 is 0 Å². The van der Waals surface area contributed by atoms with Gasteiger partial charge in [-0.1, -0.05) is 6.92 Å². The van der Waals surface area contributed by atoms with Crippen LogP contribution in [0.25, 0.3) is 0 Å². The van der Waals surface area contributed by atoms with Gasteiger partial charge in [0.15, 0.2) is 5.78 Å². The maximum absolute atomic E-state index is 11.7. The summed E-state index contributed by atoms with van der Waals surface area (Å²) in [6.07, 6.45) is 3.57. The monoisotopic (exact) mass is 192 g/mol. The predicted octanol–water partition coefficient (Wildman–Crippen LogP) is 1.98. The number of aryl methyl sites for hydroxylation is 2. The highest BCUT2D eigenvalue weighted by atomic mass is 16.1. The molecule has 0 radical (unpaired) electrons. The molecule has 1 aromatic rings. The molecule has 1 aromatic heterocycles. The lowest BCUT2D eigenvalue weighted by molar-refractivity contribution is 0.0971. The van der Waals surface area contributed by atoms with Gasteiger partial charge in [0.2, 0.25) is 0 Å². The highest BCUT2D eigenvalue weighted by Gasteiger charge is 2.25. The van der Waals surface area contributed by atoms with Crippen LogP contribution in [0.4, 0.5) is 0 Å². The summed E-state index contributed by atoms with van der Waals surface area (Å²) < 4.78 is 1.99. The van der Waals surface area contributed by atoms with Crippen LogP contribution >= 0.6 is 0 Å². The first-order valence-corrected chi connectivity index (χ1v) is 5.39. The van der Waals surface area contributed by atoms with Gasteiger partial charge in [0, 0.05) is 18.7 Å². The molecule has 0 spiro atoms. The average Bonchev–Trinajstić information content (AvgIpc) is 2.57. The minimum absolute atomic E-state index is 0.294. The Morgan fingerprint density at radius 2 is 2.14 bits per heavy atom. The molecule has 0 aliphatic heterocycles. The summed E-state index contributed by atoms with van der Waals surface area (Å²) in [7, 11) is 0. The van der Waals surface area contributed by atoms with Crippen LogP contribution in [0.5, 0.6) is 0 Å². The first kappa shape index (κ1) is 9.44. The van der Waals surface area contributed by atoms with Crippen LogP contribution in [0.1, 0.15) is 48.4 Å². The number of carbonyl (C=O) groups is 1. The minimum atomic E-state index is 0.294. The molecule has 0 fully saturated rings. The van der Waals surface area contributed by atoms with Gasteiger partial charge in [0.25, 0.3) is 0 Å². The topological polar surface area (TPSA) is 34.9 Å². The molecule has 3 heteroatoms. The number of fused-ring (bicyclic) bond motifs is 1. The molecule has 14 heavy (non-hydrogen) atoms. The fourth-order valence-corrected chi connectivity index (χ4v) is 2.18. The molecule has 1 heterocycles. The third-order valence-electron chi connectivity index (χ3n) is 2.86. The summed E-state index contributed by atoms with van der Waals surface area (Å²) in [5.74, 6) is 0.294. The van der Waals surface area contributed by atoms with E-state index in [0.717, 1.165) is 37.1 Å². The fraction of sp³-hybridized carbons (Fsp3) is 0.636. The minimum Gasteiger partial charge on any atom is -0.294 e. The zero-order valence-corrected chi connectivity index (χ0v) is 8.84. The average molecular weight is 192 g/mol. The van der Waals surface area contributed by atoms with E-state index in [4.69, 9.17) is 0 Å². The molecule has 0 N–H and O–H groups in total. The normalized spacial score (nSPS) is 15.7. The smallest absolute Gasteiger partial charge is 0.166 e. The van der Waals surface area contributed by atoms with Crippen molar-refractivity contribution in [2.45, 2.75) is 46.1 Å². The van der Waals surface area contributed by atoms with E-state index in [0.29, 0.717) is 12.2 Å². The van der Waals surface area contributed by atoms with E-state index in [1.54, 1.807) is 0 Å². The molecule has 2 rings (SSSR count). The van der Waals surface area contributed by atoms with Crippen LogP contribution in [-0.4, -0.2) is 15.6 Å². The molecule has 0 atom stereocenters. The standard InChI is InChI=1S/C11H16N2O/c1-3-8-11-9(13(4-2)12-8)6-5-7-10(11)14/h3-7H2,1-2H3. The fourth-order valence-electron chi connectivity index (χ4n) is 2.18. The molecule has 1 aliphatic carbocycles. The number of hydrogen-bond acceptors (Lipinski definition) is 2. The quantitative estimate of drug-likeness (QED) is 0.718. The number of rotatable bonds is 2. The Labute approximate surface area is 84.1 Å². The van der Waals surface area contributed by atoms with Gasteiger partial charge in [0.05, 0.1) is 11.3 Å². The van der Waals surface area contributed by atoms with Crippen LogP contribution < -0.4 is 0 Å². The van der Waals surface area contributed by atoms with Crippen LogP contribution in [0.3, 0.4) is 0 Å². The number of ketones is 1. The molecule has 0 bridgehead atoms. The van der Waals surface area contributed by atoms with Crippen molar-refractivity contribution in [3.63, 3.8) is 0 Å². The molecular formula is C11H16N2O. The van der Waals surface area contributed by atoms with Crippen LogP contribution in [0, 0.1) is 0 Å². The van der Waals surface area contributed by atoms with E-state index >= 15 is 0 Å². The van der Waals surface area contributed by atoms with E-state index in [-0.39, 0.29) is 0 Å². The molecule has 1 aliphatic rings. The van der Waals surface area contributed by atoms with Gasteiger partial charge in [-0.05, 0) is 26.2 Å². The number of Topliss-reactive ketones (excluding diaryl/α,β-unsaturated/α-hetero) is 1. The van der Waals surface area contributed by atoms with E-state index < -0.39 is 0 Å². The van der Waals surface area contributed by atoms with Crippen molar-refractivity contribution in [3.05, 3.63) is 17.0 Å². The van der Waals surface area contributed by atoms with Gasteiger partial charge in [-0.25, -0.2) is 0 Å². The van der Waals surface area contributed by atoms with Gasteiger partial charge in [0.1, 0.15) is 0 Å². The van der Waals surface area contributed by atoms with Crippen molar-refractivity contribution in [2.24, 2.45) is 0 Å². The van der Waals surface area contributed by atoms with E-state index in [1.165, 1.54) is 5.69 Å². The van der Waals surface area contributed by atoms with E-state index in [2.05, 4.69) is 18.9 Å². The zero-order chi connectivity index (χ0) is 10.1. The number of nitrogens with zero attached hydrogens (tertiary/aromatic N) is 2. The second-order valence-electron chi connectivity index (χ2n) is 3.71. The molecule has 0 saturated carbocycles. The summed E-state index contributed by atoms with van der Waals surface area (Å²) in [6, 6.07) is 0. The number of hydrogen-bond donors (Lipinski definition) is 0. The summed E-state index contributed by atoms with van der Waals surface area (Å²) in [6.45, 7) is 5.01. The second kappa shape index (κ2) is 3.56. The Hall–Kier alpha value is -1.12. The van der Waals surface area contributed by atoms with Crippen LogP contribution in [0.15, 0.2) is 0 Å². The molecule has 76 valence electrons. The maximum Gasteiger partial charge on any atom is 0.166 e. The van der Waals surface area contributed by atoms with Crippen LogP contribution in [0.2, 0.25) is 0 Å². The first-order chi connectivity index (χ1) is 6.77. The lowest BCUT2D eigenvalue weighted by Crippen LogP contribution is -2.13. The Morgan fingerprint density at radius 1 is 1.36 bits per heavy atom. The third kappa shape index (κ3) is 1.27. The number of aromatic nitrogens is 2. The highest BCUT2D eigenvalue weighted by molar-refractivity contribution is 5.99. The lowest BCUT2D eigenvalue weighted by Gasteiger charge is -2.12. The zero-order valence-electron chi connectivity index (χ0n) is 8.84. The van der Waals surface area contributed by atoms with Crippen LogP contribution in [-0.2, 0) is 19.4 Å². The Balaban J connectivity index is 2.55. The van der Waals surface area contributed by atoms with Crippen molar-refractivity contribution in [1.82, 2.24) is 9.78 Å². The number of carbonyl (C=O) groups excluding carboxylic acids is 1. The summed E-state index contributed by atoms with van der Waals surface area (Å²) in [4.78, 5) is 11.7. The summed E-state index contributed by atoms with van der Waals surface area (Å²) in [5.41, 5.74) is 3.09. The molecular weight excluding hydrogens is 176 g/mol. The first-order valence-electron chi connectivity index (χ1n) is 5.39. The molecule has 3 nitrogen and oxygen atoms in total. The Morgan fingerprint density at radius 3 is 2.79 bits per heavy atom. The van der Waals surface area contributed by atoms with Crippen molar-refractivity contribution < 1.29 is 4.79 Å². The van der Waals surface area contributed by atoms with Crippen molar-refractivity contribution in [3.8, 4) is 0 Å². The van der Waals surface area contributed by atoms with Gasteiger partial charge < -0.3 is 0 Å². The lowest BCUT2D eigenvalue weighted by atomic mass is 9.94. The molecule has 0 saturated heterocycles. The second-order valence-corrected chi connectivity index (χ2v) is 3.71. The van der Waals surface area contributed by atoms with Gasteiger partial charge in [-0.15, -0.1) is 0 Å². The molecule has 0 unspecified atom stereocenters. The Bertz CT molecular complexity index is 366. The predicted molar refractivity (Wildman–Crippen MR) is 54.5 cm³/mol. The van der Waals surface area contributed by atoms with Crippen molar-refractivity contribution >= 4 is 5.78 Å². The van der Waals surface area contributed by atoms with E-state index in [1.807, 2.05) is 4.68 Å². The maximum atomic E-state index is 11.7. The van der Waals surface area contributed by atoms with Gasteiger partial charge in [-0.2, -0.15) is 5.10 Å². The summed E-state index contributed by atoms with van der Waals surface area (Å²) >= 11 is 0. The SMILES string of the molecule is CCc1nn(CC)c2c1C(=O)CCC2. The third-order valence-corrected chi connectivity index (χ3v) is 2.86. The van der Waals surface area contributed by atoms with Crippen molar-refractivity contribution in [2.75, 3.05) is 0 Å². The van der Waals surface area contributed by atoms with Crippen molar-refractivity contribution in [1.29, 1.82) is 0 Å². The largest absolute Gasteiger partial charge is 0.294 e. The van der Waals surface area contributed by atoms with Gasteiger partial charge in [-0.3, -0.25) is 9.48 Å².